The minimum Gasteiger partial charge on any atom is -0.342 e. The molecule has 0 saturated carbocycles. The molecule has 0 aromatic carbocycles. The Morgan fingerprint density at radius 3 is 2.12 bits per heavy atom. The van der Waals surface area contributed by atoms with Crippen molar-refractivity contribution in [2.24, 2.45) is 5.92 Å². The van der Waals surface area contributed by atoms with Crippen molar-refractivity contribution in [3.63, 3.8) is 0 Å². The van der Waals surface area contributed by atoms with E-state index >= 15 is 0 Å². The Balaban J connectivity index is 0.00000144. The van der Waals surface area contributed by atoms with Crippen LogP contribution in [0.25, 0.3) is 0 Å². The summed E-state index contributed by atoms with van der Waals surface area (Å²) in [6.45, 7) is 7.33. The van der Waals surface area contributed by atoms with Gasteiger partial charge in [-0.25, -0.2) is 0 Å². The summed E-state index contributed by atoms with van der Waals surface area (Å²) in [5.74, 6) is 0.730. The van der Waals surface area contributed by atoms with Crippen molar-refractivity contribution < 1.29 is 9.59 Å². The predicted octanol–water partition coefficient (Wildman–Crippen LogP) is 0.596. The molecule has 3 heterocycles. The first-order valence-electron chi connectivity index (χ1n) is 8.73. The average Bonchev–Trinajstić information content (AvgIpc) is 3.10. The summed E-state index contributed by atoms with van der Waals surface area (Å²) in [4.78, 5) is 30.8. The second-order valence-corrected chi connectivity index (χ2v) is 6.73. The van der Waals surface area contributed by atoms with E-state index in [1.165, 1.54) is 6.42 Å². The summed E-state index contributed by atoms with van der Waals surface area (Å²) in [6.07, 6.45) is 4.50. The molecule has 0 bridgehead atoms. The maximum atomic E-state index is 12.4. The molecule has 0 radical (unpaired) electrons. The molecule has 2 amide bonds. The summed E-state index contributed by atoms with van der Waals surface area (Å²) in [5, 5.41) is 3.26. The van der Waals surface area contributed by atoms with E-state index in [9.17, 15) is 9.59 Å². The highest BCUT2D eigenvalue weighted by molar-refractivity contribution is 5.85. The second kappa shape index (κ2) is 10.4. The predicted molar refractivity (Wildman–Crippen MR) is 98.9 cm³/mol. The van der Waals surface area contributed by atoms with Crippen molar-refractivity contribution in [3.8, 4) is 0 Å². The van der Waals surface area contributed by atoms with Gasteiger partial charge in [-0.15, -0.1) is 24.8 Å². The molecule has 8 heteroatoms. The van der Waals surface area contributed by atoms with Crippen LogP contribution >= 0.6 is 24.8 Å². The van der Waals surface area contributed by atoms with Crippen molar-refractivity contribution in [2.75, 3.05) is 58.9 Å². The first kappa shape index (κ1) is 21.5. The molecule has 0 aromatic rings. The number of rotatable bonds is 3. The van der Waals surface area contributed by atoms with Crippen LogP contribution in [0.15, 0.2) is 0 Å². The van der Waals surface area contributed by atoms with Crippen LogP contribution in [-0.4, -0.2) is 85.4 Å². The molecule has 3 aliphatic heterocycles. The van der Waals surface area contributed by atoms with Gasteiger partial charge < -0.3 is 15.1 Å². The zero-order valence-electron chi connectivity index (χ0n) is 14.2. The molecular formula is C16H30Cl2N4O2. The molecule has 0 aromatic heterocycles. The third-order valence-electron chi connectivity index (χ3n) is 5.16. The fourth-order valence-electron chi connectivity index (χ4n) is 3.68. The SMILES string of the molecule is Cl.Cl.O=C(CN1CCN(C(=O)C2CCNC2)CC1)N1CCCCC1. The van der Waals surface area contributed by atoms with E-state index in [0.29, 0.717) is 12.5 Å². The number of carbonyl (C=O) groups is 2. The van der Waals surface area contributed by atoms with Gasteiger partial charge in [0.2, 0.25) is 11.8 Å². The highest BCUT2D eigenvalue weighted by Gasteiger charge is 2.30. The van der Waals surface area contributed by atoms with Crippen molar-refractivity contribution in [2.45, 2.75) is 25.7 Å². The number of piperidine rings is 1. The van der Waals surface area contributed by atoms with Gasteiger partial charge >= 0.3 is 0 Å². The van der Waals surface area contributed by atoms with Gasteiger partial charge in [-0.3, -0.25) is 14.5 Å². The molecule has 140 valence electrons. The van der Waals surface area contributed by atoms with Gasteiger partial charge in [0, 0.05) is 45.8 Å². The average molecular weight is 381 g/mol. The first-order chi connectivity index (χ1) is 10.7. The van der Waals surface area contributed by atoms with Crippen LogP contribution in [0.3, 0.4) is 0 Å². The lowest BCUT2D eigenvalue weighted by atomic mass is 10.1. The molecule has 0 aliphatic carbocycles. The summed E-state index contributed by atoms with van der Waals surface area (Å²) in [6, 6.07) is 0. The van der Waals surface area contributed by atoms with Crippen LogP contribution in [0.5, 0.6) is 0 Å². The van der Waals surface area contributed by atoms with Gasteiger partial charge in [-0.05, 0) is 32.2 Å². The maximum Gasteiger partial charge on any atom is 0.236 e. The monoisotopic (exact) mass is 380 g/mol. The Bertz CT molecular complexity index is 405. The number of amides is 2. The van der Waals surface area contributed by atoms with E-state index in [1.807, 2.05) is 9.80 Å². The summed E-state index contributed by atoms with van der Waals surface area (Å²) < 4.78 is 0. The topological polar surface area (TPSA) is 55.9 Å². The van der Waals surface area contributed by atoms with Crippen LogP contribution in [0.4, 0.5) is 0 Å². The van der Waals surface area contributed by atoms with E-state index in [4.69, 9.17) is 0 Å². The number of piperazine rings is 1. The molecule has 3 aliphatic rings. The molecule has 6 nitrogen and oxygen atoms in total. The van der Waals surface area contributed by atoms with E-state index in [-0.39, 0.29) is 36.6 Å². The largest absolute Gasteiger partial charge is 0.342 e. The summed E-state index contributed by atoms with van der Waals surface area (Å²) >= 11 is 0. The molecular weight excluding hydrogens is 351 g/mol. The van der Waals surface area contributed by atoms with Crippen LogP contribution < -0.4 is 5.32 Å². The second-order valence-electron chi connectivity index (χ2n) is 6.73. The highest BCUT2D eigenvalue weighted by atomic mass is 35.5. The number of carbonyl (C=O) groups excluding carboxylic acids is 2. The first-order valence-corrected chi connectivity index (χ1v) is 8.73. The number of hydrogen-bond donors (Lipinski definition) is 1. The molecule has 3 saturated heterocycles. The third-order valence-corrected chi connectivity index (χ3v) is 5.16. The van der Waals surface area contributed by atoms with Gasteiger partial charge in [0.05, 0.1) is 12.5 Å². The minimum absolute atomic E-state index is 0. The molecule has 0 spiro atoms. The van der Waals surface area contributed by atoms with Crippen molar-refractivity contribution in [1.82, 2.24) is 20.0 Å². The third kappa shape index (κ3) is 5.48. The Morgan fingerprint density at radius 1 is 0.875 bits per heavy atom. The zero-order chi connectivity index (χ0) is 15.4. The lowest BCUT2D eigenvalue weighted by Gasteiger charge is -2.37. The number of hydrogen-bond acceptors (Lipinski definition) is 4. The van der Waals surface area contributed by atoms with Crippen molar-refractivity contribution >= 4 is 36.6 Å². The standard InChI is InChI=1S/C16H28N4O2.2ClH/c21-15(19-6-2-1-3-7-19)13-18-8-10-20(11-9-18)16(22)14-4-5-17-12-14;;/h14,17H,1-13H2;2*1H. The van der Waals surface area contributed by atoms with E-state index in [1.54, 1.807) is 0 Å². The van der Waals surface area contributed by atoms with E-state index in [2.05, 4.69) is 10.2 Å². The van der Waals surface area contributed by atoms with Gasteiger partial charge in [-0.2, -0.15) is 0 Å². The van der Waals surface area contributed by atoms with Crippen LogP contribution in [0.1, 0.15) is 25.7 Å². The number of nitrogens with one attached hydrogen (secondary N) is 1. The smallest absolute Gasteiger partial charge is 0.236 e. The molecule has 1 atom stereocenters. The Labute approximate surface area is 157 Å². The molecule has 24 heavy (non-hydrogen) atoms. The molecule has 3 rings (SSSR count). The highest BCUT2D eigenvalue weighted by Crippen LogP contribution is 2.14. The van der Waals surface area contributed by atoms with Gasteiger partial charge in [0.25, 0.3) is 0 Å². The fourth-order valence-corrected chi connectivity index (χ4v) is 3.68. The van der Waals surface area contributed by atoms with Crippen molar-refractivity contribution in [1.29, 1.82) is 0 Å². The van der Waals surface area contributed by atoms with Gasteiger partial charge in [-0.1, -0.05) is 0 Å². The quantitative estimate of drug-likeness (QED) is 0.778. The molecule has 3 fully saturated rings. The molecule has 1 N–H and O–H groups in total. The Morgan fingerprint density at radius 2 is 1.54 bits per heavy atom. The van der Waals surface area contributed by atoms with E-state index < -0.39 is 0 Å². The lowest BCUT2D eigenvalue weighted by Crippen LogP contribution is -2.53. The Hall–Kier alpha value is -0.560. The minimum atomic E-state index is 0. The van der Waals surface area contributed by atoms with Gasteiger partial charge in [0.1, 0.15) is 0 Å². The van der Waals surface area contributed by atoms with Crippen LogP contribution in [0.2, 0.25) is 0 Å². The lowest BCUT2D eigenvalue weighted by molar-refractivity contribution is -0.138. The summed E-state index contributed by atoms with van der Waals surface area (Å²) in [7, 11) is 0. The van der Waals surface area contributed by atoms with Gasteiger partial charge in [0.15, 0.2) is 0 Å². The zero-order valence-corrected chi connectivity index (χ0v) is 15.9. The number of likely N-dealkylation sites (tertiary alicyclic amines) is 1. The van der Waals surface area contributed by atoms with E-state index in [0.717, 1.165) is 71.6 Å². The fraction of sp³-hybridized carbons (Fsp3) is 0.875. The normalized spacial score (nSPS) is 24.9. The number of nitrogens with zero attached hydrogens (tertiary/aromatic N) is 3. The number of halogens is 2. The molecule has 1 unspecified atom stereocenters. The Kier molecular flexibility index (Phi) is 9.34. The van der Waals surface area contributed by atoms with Crippen LogP contribution in [0, 0.1) is 5.92 Å². The maximum absolute atomic E-state index is 12.4. The van der Waals surface area contributed by atoms with Crippen molar-refractivity contribution in [3.05, 3.63) is 0 Å². The van der Waals surface area contributed by atoms with Crippen LogP contribution in [-0.2, 0) is 9.59 Å². The summed E-state index contributed by atoms with van der Waals surface area (Å²) in [5.41, 5.74) is 0.